The van der Waals surface area contributed by atoms with E-state index in [9.17, 15) is 4.79 Å². The van der Waals surface area contributed by atoms with E-state index in [1.165, 1.54) is 23.8 Å². The summed E-state index contributed by atoms with van der Waals surface area (Å²) in [5.41, 5.74) is 4.75. The molecule has 3 aromatic rings. The van der Waals surface area contributed by atoms with Crippen molar-refractivity contribution < 1.29 is 14.3 Å². The number of hydrogen-bond donors (Lipinski definition) is 3. The van der Waals surface area contributed by atoms with Crippen LogP contribution in [-0.2, 0) is 15.9 Å². The summed E-state index contributed by atoms with van der Waals surface area (Å²) in [6.45, 7) is 2.60. The van der Waals surface area contributed by atoms with Crippen LogP contribution in [-0.4, -0.2) is 51.1 Å². The Hall–Kier alpha value is -3.35. The summed E-state index contributed by atoms with van der Waals surface area (Å²) in [7, 11) is 1.43. The zero-order valence-corrected chi connectivity index (χ0v) is 22.1. The zero-order chi connectivity index (χ0) is 26.2. The average Bonchev–Trinajstić information content (AvgIpc) is 3.82. The number of carbonyl (C=O) groups excluding carboxylic acids is 1. The lowest BCUT2D eigenvalue weighted by Gasteiger charge is -2.36. The summed E-state index contributed by atoms with van der Waals surface area (Å²) in [5, 5.41) is 10.6. The van der Waals surface area contributed by atoms with Gasteiger partial charge in [0.15, 0.2) is 0 Å². The van der Waals surface area contributed by atoms with Crippen LogP contribution < -0.4 is 16.0 Å². The molecule has 1 aliphatic heterocycles. The van der Waals surface area contributed by atoms with Gasteiger partial charge in [0.2, 0.25) is 0 Å². The number of para-hydroxylation sites is 1. The van der Waals surface area contributed by atoms with Crippen LogP contribution in [0.5, 0.6) is 0 Å². The molecular formula is C32H39N3O3. The largest absolute Gasteiger partial charge is 0.453 e. The van der Waals surface area contributed by atoms with Crippen molar-refractivity contribution in [2.75, 3.05) is 32.1 Å². The van der Waals surface area contributed by atoms with Gasteiger partial charge in [0.25, 0.3) is 0 Å². The molecule has 1 saturated carbocycles. The molecule has 1 heterocycles. The molecule has 1 saturated heterocycles. The van der Waals surface area contributed by atoms with Crippen molar-refractivity contribution in [3.05, 3.63) is 102 Å². The monoisotopic (exact) mass is 513 g/mol. The molecule has 6 nitrogen and oxygen atoms in total. The molecule has 6 heteroatoms. The summed E-state index contributed by atoms with van der Waals surface area (Å²) in [4.78, 5) is 12.8. The van der Waals surface area contributed by atoms with E-state index in [2.05, 4.69) is 88.7 Å². The second-order valence-corrected chi connectivity index (χ2v) is 10.4. The average molecular weight is 514 g/mol. The normalized spacial score (nSPS) is 18.9. The third-order valence-electron chi connectivity index (χ3n) is 7.74. The Morgan fingerprint density at radius 3 is 2.24 bits per heavy atom. The van der Waals surface area contributed by atoms with Crippen LogP contribution in [0.4, 0.5) is 10.5 Å². The van der Waals surface area contributed by atoms with Gasteiger partial charge in [0.1, 0.15) is 0 Å². The van der Waals surface area contributed by atoms with Crippen LogP contribution in [0.2, 0.25) is 0 Å². The first-order valence-electron chi connectivity index (χ1n) is 13.8. The predicted octanol–water partition coefficient (Wildman–Crippen LogP) is 5.35. The standard InChI is InChI=1S/C32H39N3O3/c1-37-32(36)35-31(29(24-11-4-2-5-12-24)25-13-6-3-7-14-25)30(26-16-17-26)34-28-15-9-8-10-23(28)18-19-27-22-33-20-21-38-27/h2-15,26-27,29-31,33-34H,16-22H2,1H3,(H,35,36). The van der Waals surface area contributed by atoms with E-state index in [1.807, 2.05) is 12.1 Å². The topological polar surface area (TPSA) is 71.6 Å². The minimum Gasteiger partial charge on any atom is -0.453 e. The molecule has 2 fully saturated rings. The number of benzene rings is 3. The van der Waals surface area contributed by atoms with Gasteiger partial charge in [-0.2, -0.15) is 0 Å². The molecule has 0 aromatic heterocycles. The predicted molar refractivity (Wildman–Crippen MR) is 152 cm³/mol. The lowest BCUT2D eigenvalue weighted by Crippen LogP contribution is -2.51. The first kappa shape index (κ1) is 26.3. The van der Waals surface area contributed by atoms with Gasteiger partial charge in [-0.1, -0.05) is 78.9 Å². The first-order valence-corrected chi connectivity index (χ1v) is 13.8. The number of alkyl carbamates (subject to hydrolysis) is 1. The van der Waals surface area contributed by atoms with Gasteiger partial charge in [-0.25, -0.2) is 4.79 Å². The van der Waals surface area contributed by atoms with Crippen LogP contribution >= 0.6 is 0 Å². The highest BCUT2D eigenvalue weighted by molar-refractivity contribution is 5.68. The molecule has 38 heavy (non-hydrogen) atoms. The number of ether oxygens (including phenoxy) is 2. The molecular weight excluding hydrogens is 474 g/mol. The summed E-state index contributed by atoms with van der Waals surface area (Å²) in [5.74, 6) is 0.425. The molecule has 0 spiro atoms. The molecule has 3 unspecified atom stereocenters. The summed E-state index contributed by atoms with van der Waals surface area (Å²) < 4.78 is 11.1. The quantitative estimate of drug-likeness (QED) is 0.322. The third-order valence-corrected chi connectivity index (χ3v) is 7.74. The summed E-state index contributed by atoms with van der Waals surface area (Å²) >= 11 is 0. The SMILES string of the molecule is COC(=O)NC(C(c1ccccc1)c1ccccc1)C(Nc1ccccc1CCC1CNCCO1)C1CC1. The van der Waals surface area contributed by atoms with Gasteiger partial charge < -0.3 is 25.4 Å². The molecule has 1 aliphatic carbocycles. The van der Waals surface area contributed by atoms with E-state index in [4.69, 9.17) is 9.47 Å². The van der Waals surface area contributed by atoms with Crippen molar-refractivity contribution in [2.45, 2.75) is 49.8 Å². The van der Waals surface area contributed by atoms with Crippen molar-refractivity contribution in [2.24, 2.45) is 5.92 Å². The second-order valence-electron chi connectivity index (χ2n) is 10.4. The Kier molecular flexibility index (Phi) is 8.94. The van der Waals surface area contributed by atoms with E-state index in [0.717, 1.165) is 51.1 Å². The number of amides is 1. The highest BCUT2D eigenvalue weighted by atomic mass is 16.5. The van der Waals surface area contributed by atoms with Gasteiger partial charge in [0, 0.05) is 24.7 Å². The van der Waals surface area contributed by atoms with E-state index < -0.39 is 6.09 Å². The molecule has 3 N–H and O–H groups in total. The number of rotatable bonds is 11. The molecule has 3 atom stereocenters. The third kappa shape index (κ3) is 6.74. The molecule has 200 valence electrons. The maximum absolute atomic E-state index is 12.8. The number of anilines is 1. The highest BCUT2D eigenvalue weighted by Crippen LogP contribution is 2.41. The fourth-order valence-electron chi connectivity index (χ4n) is 5.64. The maximum atomic E-state index is 12.8. The molecule has 3 aromatic carbocycles. The van der Waals surface area contributed by atoms with Gasteiger partial charge in [0.05, 0.1) is 31.9 Å². The number of aryl methyl sites for hydroxylation is 1. The number of carbonyl (C=O) groups is 1. The van der Waals surface area contributed by atoms with Crippen molar-refractivity contribution in [1.82, 2.24) is 10.6 Å². The maximum Gasteiger partial charge on any atom is 0.407 e. The summed E-state index contributed by atoms with van der Waals surface area (Å²) in [6, 6.07) is 29.3. The van der Waals surface area contributed by atoms with Gasteiger partial charge in [-0.05, 0) is 54.4 Å². The molecule has 1 amide bonds. The van der Waals surface area contributed by atoms with Crippen molar-refractivity contribution in [1.29, 1.82) is 0 Å². The van der Waals surface area contributed by atoms with E-state index in [-0.39, 0.29) is 24.1 Å². The van der Waals surface area contributed by atoms with Crippen molar-refractivity contribution in [3.63, 3.8) is 0 Å². The molecule has 2 aliphatic rings. The number of hydrogen-bond acceptors (Lipinski definition) is 5. The summed E-state index contributed by atoms with van der Waals surface area (Å²) in [6.07, 6.45) is 4.01. The Morgan fingerprint density at radius 1 is 0.974 bits per heavy atom. The van der Waals surface area contributed by atoms with Crippen LogP contribution in [0.3, 0.4) is 0 Å². The number of nitrogens with one attached hydrogen (secondary N) is 3. The van der Waals surface area contributed by atoms with E-state index in [0.29, 0.717) is 5.92 Å². The lowest BCUT2D eigenvalue weighted by atomic mass is 9.80. The van der Waals surface area contributed by atoms with Gasteiger partial charge in [-0.3, -0.25) is 0 Å². The Labute approximate surface area is 226 Å². The zero-order valence-electron chi connectivity index (χ0n) is 22.1. The van der Waals surface area contributed by atoms with Crippen LogP contribution in [0.15, 0.2) is 84.9 Å². The molecule has 0 bridgehead atoms. The van der Waals surface area contributed by atoms with Crippen LogP contribution in [0, 0.1) is 5.92 Å². The van der Waals surface area contributed by atoms with Gasteiger partial charge in [-0.15, -0.1) is 0 Å². The minimum atomic E-state index is -0.408. The minimum absolute atomic E-state index is 0.0354. The fraction of sp³-hybridized carbons (Fsp3) is 0.406. The van der Waals surface area contributed by atoms with Crippen molar-refractivity contribution >= 4 is 11.8 Å². The van der Waals surface area contributed by atoms with Crippen LogP contribution in [0.1, 0.15) is 41.9 Å². The van der Waals surface area contributed by atoms with E-state index in [1.54, 1.807) is 0 Å². The molecule has 5 rings (SSSR count). The molecule has 0 radical (unpaired) electrons. The Bertz CT molecular complexity index is 1110. The lowest BCUT2D eigenvalue weighted by molar-refractivity contribution is 0.0238. The Balaban J connectivity index is 1.46. The highest BCUT2D eigenvalue weighted by Gasteiger charge is 2.42. The number of methoxy groups -OCH3 is 1. The van der Waals surface area contributed by atoms with Crippen LogP contribution in [0.25, 0.3) is 0 Å². The van der Waals surface area contributed by atoms with Gasteiger partial charge >= 0.3 is 6.09 Å². The smallest absolute Gasteiger partial charge is 0.407 e. The van der Waals surface area contributed by atoms with E-state index >= 15 is 0 Å². The fourth-order valence-corrected chi connectivity index (χ4v) is 5.64. The number of morpholine rings is 1. The van der Waals surface area contributed by atoms with Crippen molar-refractivity contribution in [3.8, 4) is 0 Å². The second kappa shape index (κ2) is 12.9. The first-order chi connectivity index (χ1) is 18.7. The Morgan fingerprint density at radius 2 is 1.63 bits per heavy atom.